The smallest absolute Gasteiger partial charge is 0.134 e. The molecule has 0 bridgehead atoms. The van der Waals surface area contributed by atoms with Crippen LogP contribution in [0.5, 0.6) is 0 Å². The van der Waals surface area contributed by atoms with Gasteiger partial charge < -0.3 is 0 Å². The minimum absolute atomic E-state index is 0.152. The molecule has 0 fully saturated rings. The normalized spacial score (nSPS) is 24.6. The van der Waals surface area contributed by atoms with Gasteiger partial charge in [0.15, 0.2) is 0 Å². The van der Waals surface area contributed by atoms with Crippen LogP contribution in [0.1, 0.15) is 25.0 Å². The van der Waals surface area contributed by atoms with E-state index in [2.05, 4.69) is 44.0 Å². The summed E-state index contributed by atoms with van der Waals surface area (Å²) in [4.78, 5) is 9.63. The standard InChI is InChI=1S/C19H18Cl2N2/c1-11-7-5-8-12(2)14(11)22-17-15(18(20)21)23-16-13(3)9-6-10-19(16,17)4/h5-10H,1-4H3. The Morgan fingerprint density at radius 3 is 2.39 bits per heavy atom. The third-order valence-corrected chi connectivity index (χ3v) is 4.78. The summed E-state index contributed by atoms with van der Waals surface area (Å²) in [5.74, 6) is 0. The highest BCUT2D eigenvalue weighted by molar-refractivity contribution is 6.58. The van der Waals surface area contributed by atoms with Gasteiger partial charge in [-0.25, -0.2) is 9.98 Å². The predicted molar refractivity (Wildman–Crippen MR) is 100 cm³/mol. The lowest BCUT2D eigenvalue weighted by atomic mass is 9.76. The molecule has 0 N–H and O–H groups in total. The van der Waals surface area contributed by atoms with Crippen LogP contribution in [-0.2, 0) is 0 Å². The van der Waals surface area contributed by atoms with E-state index in [1.807, 2.05) is 25.1 Å². The number of nitrogens with zero attached hydrogens (tertiary/aromatic N) is 2. The van der Waals surface area contributed by atoms with E-state index in [9.17, 15) is 0 Å². The summed E-state index contributed by atoms with van der Waals surface area (Å²) in [6.07, 6.45) is 6.19. The summed E-state index contributed by atoms with van der Waals surface area (Å²) in [6, 6.07) is 6.14. The lowest BCUT2D eigenvalue weighted by molar-refractivity contribution is 0.837. The maximum absolute atomic E-state index is 6.11. The van der Waals surface area contributed by atoms with Crippen LogP contribution in [0.4, 0.5) is 5.69 Å². The van der Waals surface area contributed by atoms with Crippen molar-refractivity contribution in [2.24, 2.45) is 15.4 Å². The third-order valence-electron chi connectivity index (χ3n) is 4.42. The molecule has 0 spiro atoms. The monoisotopic (exact) mass is 344 g/mol. The summed E-state index contributed by atoms with van der Waals surface area (Å²) in [5.41, 5.74) is 6.21. The van der Waals surface area contributed by atoms with Crippen LogP contribution in [0.15, 0.2) is 62.2 Å². The minimum Gasteiger partial charge on any atom is -0.249 e. The summed E-state index contributed by atoms with van der Waals surface area (Å²) < 4.78 is 0.152. The molecule has 0 saturated heterocycles. The number of para-hydroxylation sites is 1. The van der Waals surface area contributed by atoms with E-state index in [1.54, 1.807) is 0 Å². The first kappa shape index (κ1) is 16.2. The Kier molecular flexibility index (Phi) is 4.07. The second-order valence-electron chi connectivity index (χ2n) is 6.18. The molecule has 1 aliphatic carbocycles. The summed E-state index contributed by atoms with van der Waals surface area (Å²) in [5, 5.41) is 0. The lowest BCUT2D eigenvalue weighted by Crippen LogP contribution is -2.32. The van der Waals surface area contributed by atoms with Gasteiger partial charge in [0.25, 0.3) is 0 Å². The summed E-state index contributed by atoms with van der Waals surface area (Å²) in [6.45, 7) is 8.26. The predicted octanol–water partition coefficient (Wildman–Crippen LogP) is 6.00. The zero-order valence-corrected chi connectivity index (χ0v) is 15.1. The van der Waals surface area contributed by atoms with Crippen LogP contribution in [0.2, 0.25) is 0 Å². The van der Waals surface area contributed by atoms with E-state index >= 15 is 0 Å². The van der Waals surface area contributed by atoms with E-state index in [0.29, 0.717) is 5.70 Å². The Bertz CT molecular complexity index is 817. The molecule has 0 saturated carbocycles. The summed E-state index contributed by atoms with van der Waals surface area (Å²) in [7, 11) is 0. The first-order valence-electron chi connectivity index (χ1n) is 7.51. The second kappa shape index (κ2) is 5.77. The van der Waals surface area contributed by atoms with Crippen LogP contribution >= 0.6 is 23.2 Å². The van der Waals surface area contributed by atoms with Crippen molar-refractivity contribution >= 4 is 40.3 Å². The number of hydrogen-bond donors (Lipinski definition) is 0. The maximum atomic E-state index is 6.11. The van der Waals surface area contributed by atoms with Crippen molar-refractivity contribution in [2.75, 3.05) is 0 Å². The molecule has 0 aromatic heterocycles. The van der Waals surface area contributed by atoms with E-state index in [-0.39, 0.29) is 4.49 Å². The van der Waals surface area contributed by atoms with Gasteiger partial charge >= 0.3 is 0 Å². The highest BCUT2D eigenvalue weighted by Crippen LogP contribution is 2.43. The number of benzene rings is 1. The first-order valence-corrected chi connectivity index (χ1v) is 8.27. The zero-order valence-electron chi connectivity index (χ0n) is 13.6. The van der Waals surface area contributed by atoms with Crippen molar-refractivity contribution in [1.29, 1.82) is 0 Å². The number of halogens is 2. The molecule has 118 valence electrons. The van der Waals surface area contributed by atoms with Gasteiger partial charge in [-0.2, -0.15) is 0 Å². The van der Waals surface area contributed by atoms with Gasteiger partial charge in [-0.1, -0.05) is 59.6 Å². The Labute approximate surface area is 146 Å². The van der Waals surface area contributed by atoms with Gasteiger partial charge in [-0.15, -0.1) is 0 Å². The first-order chi connectivity index (χ1) is 10.8. The van der Waals surface area contributed by atoms with Crippen molar-refractivity contribution in [1.82, 2.24) is 0 Å². The van der Waals surface area contributed by atoms with Crippen LogP contribution < -0.4 is 0 Å². The molecule has 1 aromatic rings. The van der Waals surface area contributed by atoms with Gasteiger partial charge in [-0.05, 0) is 44.4 Å². The lowest BCUT2D eigenvalue weighted by Gasteiger charge is -2.26. The number of aryl methyl sites for hydroxylation is 2. The molecule has 3 rings (SSSR count). The average Bonchev–Trinajstić information content (AvgIpc) is 2.77. The van der Waals surface area contributed by atoms with Crippen LogP contribution in [0.3, 0.4) is 0 Å². The van der Waals surface area contributed by atoms with E-state index in [4.69, 9.17) is 28.2 Å². The van der Waals surface area contributed by atoms with Crippen molar-refractivity contribution < 1.29 is 0 Å². The molecule has 0 amide bonds. The van der Waals surface area contributed by atoms with Gasteiger partial charge in [0.1, 0.15) is 10.2 Å². The molecule has 1 aliphatic heterocycles. The molecule has 1 atom stereocenters. The minimum atomic E-state index is -0.405. The highest BCUT2D eigenvalue weighted by Gasteiger charge is 2.44. The number of fused-ring (bicyclic) bond motifs is 1. The maximum Gasteiger partial charge on any atom is 0.134 e. The van der Waals surface area contributed by atoms with E-state index < -0.39 is 5.41 Å². The fourth-order valence-electron chi connectivity index (χ4n) is 3.15. The molecular formula is C19H18Cl2N2. The van der Waals surface area contributed by atoms with Crippen molar-refractivity contribution in [2.45, 2.75) is 27.7 Å². The fourth-order valence-corrected chi connectivity index (χ4v) is 3.42. The quantitative estimate of drug-likeness (QED) is 0.596. The number of aliphatic imine (C=N–C) groups is 2. The largest absolute Gasteiger partial charge is 0.249 e. The van der Waals surface area contributed by atoms with Gasteiger partial charge in [0.05, 0.1) is 22.5 Å². The van der Waals surface area contributed by atoms with Gasteiger partial charge in [0.2, 0.25) is 0 Å². The average molecular weight is 345 g/mol. The molecule has 2 nitrogen and oxygen atoms in total. The van der Waals surface area contributed by atoms with Gasteiger partial charge in [-0.3, -0.25) is 0 Å². The van der Waals surface area contributed by atoms with E-state index in [1.165, 1.54) is 0 Å². The zero-order chi connectivity index (χ0) is 16.8. The van der Waals surface area contributed by atoms with Crippen LogP contribution in [0, 0.1) is 19.3 Å². The molecule has 0 radical (unpaired) electrons. The highest BCUT2D eigenvalue weighted by atomic mass is 35.5. The van der Waals surface area contributed by atoms with Gasteiger partial charge in [0, 0.05) is 0 Å². The Morgan fingerprint density at radius 2 is 1.78 bits per heavy atom. The third kappa shape index (κ3) is 2.60. The molecule has 1 heterocycles. The van der Waals surface area contributed by atoms with Crippen molar-refractivity contribution in [3.05, 3.63) is 63.3 Å². The molecular weight excluding hydrogens is 327 g/mol. The summed E-state index contributed by atoms with van der Waals surface area (Å²) >= 11 is 12.2. The molecule has 2 aliphatic rings. The second-order valence-corrected chi connectivity index (χ2v) is 7.13. The molecule has 1 aromatic carbocycles. The van der Waals surface area contributed by atoms with Crippen molar-refractivity contribution in [3.63, 3.8) is 0 Å². The number of allylic oxidation sites excluding steroid dienone is 5. The number of hydrogen-bond acceptors (Lipinski definition) is 2. The fraction of sp³-hybridized carbons (Fsp3) is 0.263. The Balaban J connectivity index is 2.26. The topological polar surface area (TPSA) is 24.7 Å². The van der Waals surface area contributed by atoms with Crippen LogP contribution in [0.25, 0.3) is 0 Å². The Morgan fingerprint density at radius 1 is 1.13 bits per heavy atom. The van der Waals surface area contributed by atoms with Crippen LogP contribution in [-0.4, -0.2) is 11.4 Å². The van der Waals surface area contributed by atoms with Crippen molar-refractivity contribution in [3.8, 4) is 0 Å². The molecule has 23 heavy (non-hydrogen) atoms. The molecule has 4 heteroatoms. The SMILES string of the molecule is CC1=CC=CC2(C)C1=NC(=C(Cl)Cl)C2=Nc1c(C)cccc1C. The number of rotatable bonds is 1. The molecule has 1 unspecified atom stereocenters. The Hall–Kier alpha value is -1.64. The van der Waals surface area contributed by atoms with E-state index in [0.717, 1.165) is 33.8 Å².